The number of rotatable bonds is 7. The molecule has 12 heteroatoms. The molecule has 0 atom stereocenters. The van der Waals surface area contributed by atoms with Crippen LogP contribution in [0.3, 0.4) is 0 Å². The van der Waals surface area contributed by atoms with Crippen LogP contribution >= 0.6 is 24.0 Å². The Balaban J connectivity index is 0.00000363. The highest BCUT2D eigenvalue weighted by Gasteiger charge is 2.30. The lowest BCUT2D eigenvalue weighted by Gasteiger charge is -2.36. The molecule has 0 spiro atoms. The van der Waals surface area contributed by atoms with E-state index in [-0.39, 0.29) is 36.5 Å². The molecule has 2 aromatic heterocycles. The number of aromatic nitrogens is 2. The van der Waals surface area contributed by atoms with Crippen LogP contribution in [0.25, 0.3) is 0 Å². The van der Waals surface area contributed by atoms with Crippen molar-refractivity contribution >= 4 is 29.9 Å². The summed E-state index contributed by atoms with van der Waals surface area (Å²) >= 11 is 0. The van der Waals surface area contributed by atoms with Crippen molar-refractivity contribution in [3.8, 4) is 5.88 Å². The number of hydrogen-bond donors (Lipinski definition) is 1. The van der Waals surface area contributed by atoms with E-state index in [9.17, 15) is 13.2 Å². The molecule has 0 saturated carbocycles. The number of alkyl halides is 3. The summed E-state index contributed by atoms with van der Waals surface area (Å²) < 4.78 is 48.3. The van der Waals surface area contributed by atoms with E-state index in [0.717, 1.165) is 68.9 Å². The van der Waals surface area contributed by atoms with E-state index < -0.39 is 11.7 Å². The number of pyridine rings is 1. The second kappa shape index (κ2) is 12.2. The van der Waals surface area contributed by atoms with Crippen LogP contribution in [0.5, 0.6) is 5.88 Å². The second-order valence-electron chi connectivity index (χ2n) is 7.16. The molecule has 32 heavy (non-hydrogen) atoms. The predicted octanol–water partition coefficient (Wildman–Crippen LogP) is 3.18. The lowest BCUT2D eigenvalue weighted by molar-refractivity contribution is -0.137. The van der Waals surface area contributed by atoms with Gasteiger partial charge < -0.3 is 19.5 Å². The third kappa shape index (κ3) is 7.80. The maximum atomic E-state index is 12.6. The van der Waals surface area contributed by atoms with Gasteiger partial charge in [0.25, 0.3) is 0 Å². The molecular formula is C20H28F3IN6O2. The molecule has 8 nitrogen and oxygen atoms in total. The van der Waals surface area contributed by atoms with Gasteiger partial charge in [-0.15, -0.1) is 24.0 Å². The Morgan fingerprint density at radius 3 is 2.56 bits per heavy atom. The highest BCUT2D eigenvalue weighted by molar-refractivity contribution is 14.0. The molecule has 1 saturated heterocycles. The molecule has 0 aliphatic carbocycles. The molecular weight excluding hydrogens is 540 g/mol. The number of guanidine groups is 1. The molecule has 1 N–H and O–H groups in total. The van der Waals surface area contributed by atoms with Crippen LogP contribution in [0, 0.1) is 6.92 Å². The highest BCUT2D eigenvalue weighted by Crippen LogP contribution is 2.29. The Bertz CT molecular complexity index is 852. The zero-order valence-electron chi connectivity index (χ0n) is 18.1. The van der Waals surface area contributed by atoms with Crippen LogP contribution in [0.4, 0.5) is 13.2 Å². The standard InChI is InChI=1S/C20H27F3N6O2.HI/c1-3-24-19(25-6-11-30-18-5-4-16(13-26-18)20(21,22)23)29-9-7-28(8-10-29)14-17-12-15(2)31-27-17;/h4-5,12-13H,3,6-11,14H2,1-2H3,(H,24,25);1H. The normalized spacial score (nSPS) is 15.4. The number of piperazine rings is 1. The summed E-state index contributed by atoms with van der Waals surface area (Å²) in [6.07, 6.45) is -3.64. The van der Waals surface area contributed by atoms with Gasteiger partial charge in [0.1, 0.15) is 12.4 Å². The Hall–Kier alpha value is -2.09. The summed E-state index contributed by atoms with van der Waals surface area (Å²) in [5, 5.41) is 7.32. The second-order valence-corrected chi connectivity index (χ2v) is 7.16. The van der Waals surface area contributed by atoms with Gasteiger partial charge in [-0.3, -0.25) is 4.90 Å². The van der Waals surface area contributed by atoms with E-state index in [2.05, 4.69) is 30.2 Å². The molecule has 0 unspecified atom stereocenters. The number of aryl methyl sites for hydroxylation is 1. The molecule has 3 rings (SSSR count). The number of hydrogen-bond acceptors (Lipinski definition) is 6. The van der Waals surface area contributed by atoms with E-state index in [1.54, 1.807) is 0 Å². The van der Waals surface area contributed by atoms with Crippen LogP contribution in [-0.2, 0) is 12.7 Å². The largest absolute Gasteiger partial charge is 0.476 e. The lowest BCUT2D eigenvalue weighted by atomic mass is 10.3. The maximum Gasteiger partial charge on any atom is 0.417 e. The van der Waals surface area contributed by atoms with Gasteiger partial charge in [-0.2, -0.15) is 13.2 Å². The van der Waals surface area contributed by atoms with E-state index in [0.29, 0.717) is 6.54 Å². The number of nitrogens with zero attached hydrogens (tertiary/aromatic N) is 5. The summed E-state index contributed by atoms with van der Waals surface area (Å²) in [4.78, 5) is 12.8. The number of ether oxygens (including phenoxy) is 1. The van der Waals surface area contributed by atoms with Crippen LogP contribution < -0.4 is 10.1 Å². The minimum atomic E-state index is -4.41. The summed E-state index contributed by atoms with van der Waals surface area (Å²) in [5.41, 5.74) is 0.130. The van der Waals surface area contributed by atoms with Gasteiger partial charge in [-0.1, -0.05) is 5.16 Å². The van der Waals surface area contributed by atoms with Gasteiger partial charge in [-0.05, 0) is 19.9 Å². The van der Waals surface area contributed by atoms with E-state index in [1.807, 2.05) is 19.9 Å². The van der Waals surface area contributed by atoms with Crippen molar-refractivity contribution in [3.05, 3.63) is 41.4 Å². The first-order valence-corrected chi connectivity index (χ1v) is 10.2. The first-order chi connectivity index (χ1) is 14.8. The van der Waals surface area contributed by atoms with Crippen LogP contribution in [0.15, 0.2) is 33.9 Å². The van der Waals surface area contributed by atoms with Crippen molar-refractivity contribution in [2.75, 3.05) is 45.9 Å². The summed E-state index contributed by atoms with van der Waals surface area (Å²) in [7, 11) is 0. The Morgan fingerprint density at radius 1 is 1.25 bits per heavy atom. The zero-order chi connectivity index (χ0) is 22.3. The predicted molar refractivity (Wildman–Crippen MR) is 124 cm³/mol. The van der Waals surface area contributed by atoms with Crippen molar-refractivity contribution in [3.63, 3.8) is 0 Å². The SMILES string of the molecule is CCNC(=NCCOc1ccc(C(F)(F)F)cn1)N1CCN(Cc2cc(C)on2)CC1.I. The molecule has 3 heterocycles. The van der Waals surface area contributed by atoms with Crippen molar-refractivity contribution in [2.24, 2.45) is 4.99 Å². The van der Waals surface area contributed by atoms with Crippen LogP contribution in [0.2, 0.25) is 0 Å². The molecule has 0 aromatic carbocycles. The fraction of sp³-hybridized carbons (Fsp3) is 0.550. The molecule has 1 aliphatic heterocycles. The number of nitrogens with one attached hydrogen (secondary N) is 1. The molecule has 0 radical (unpaired) electrons. The lowest BCUT2D eigenvalue weighted by Crippen LogP contribution is -2.52. The van der Waals surface area contributed by atoms with Gasteiger partial charge in [0.05, 0.1) is 17.8 Å². The Kier molecular flexibility index (Phi) is 10.0. The average molecular weight is 568 g/mol. The zero-order valence-corrected chi connectivity index (χ0v) is 20.4. The van der Waals surface area contributed by atoms with Crippen molar-refractivity contribution in [1.29, 1.82) is 0 Å². The third-order valence-corrected chi connectivity index (χ3v) is 4.74. The van der Waals surface area contributed by atoms with Crippen molar-refractivity contribution in [2.45, 2.75) is 26.6 Å². The minimum absolute atomic E-state index is 0. The van der Waals surface area contributed by atoms with E-state index >= 15 is 0 Å². The number of aliphatic imine (C=N–C) groups is 1. The fourth-order valence-corrected chi connectivity index (χ4v) is 3.20. The van der Waals surface area contributed by atoms with Gasteiger partial charge >= 0.3 is 6.18 Å². The van der Waals surface area contributed by atoms with E-state index in [4.69, 9.17) is 9.26 Å². The van der Waals surface area contributed by atoms with Crippen molar-refractivity contribution < 1.29 is 22.4 Å². The topological polar surface area (TPSA) is 79.0 Å². The van der Waals surface area contributed by atoms with Crippen molar-refractivity contribution in [1.82, 2.24) is 25.3 Å². The van der Waals surface area contributed by atoms with E-state index in [1.165, 1.54) is 6.07 Å². The fourth-order valence-electron chi connectivity index (χ4n) is 3.20. The minimum Gasteiger partial charge on any atom is -0.476 e. The summed E-state index contributed by atoms with van der Waals surface area (Å²) in [6.45, 7) is 9.36. The molecule has 0 amide bonds. The third-order valence-electron chi connectivity index (χ3n) is 4.74. The van der Waals surface area contributed by atoms with Gasteiger partial charge in [-0.25, -0.2) is 9.98 Å². The summed E-state index contributed by atoms with van der Waals surface area (Å²) in [5.74, 6) is 1.75. The molecule has 1 fully saturated rings. The first kappa shape index (κ1) is 26.2. The van der Waals surface area contributed by atoms with Gasteiger partial charge in [0.2, 0.25) is 5.88 Å². The molecule has 1 aliphatic rings. The van der Waals surface area contributed by atoms with Gasteiger partial charge in [0.15, 0.2) is 5.96 Å². The first-order valence-electron chi connectivity index (χ1n) is 10.2. The highest BCUT2D eigenvalue weighted by atomic mass is 127. The van der Waals surface area contributed by atoms with Gasteiger partial charge in [0, 0.05) is 57.6 Å². The molecule has 178 valence electrons. The monoisotopic (exact) mass is 568 g/mol. The Labute approximate surface area is 202 Å². The average Bonchev–Trinajstić information content (AvgIpc) is 3.15. The maximum absolute atomic E-state index is 12.6. The quantitative estimate of drug-likeness (QED) is 0.238. The molecule has 0 bridgehead atoms. The number of halogens is 4. The molecule has 2 aromatic rings. The smallest absolute Gasteiger partial charge is 0.417 e. The van der Waals surface area contributed by atoms with Crippen LogP contribution in [-0.4, -0.2) is 71.8 Å². The summed E-state index contributed by atoms with van der Waals surface area (Å²) in [6, 6.07) is 4.12. The Morgan fingerprint density at radius 2 is 2.00 bits per heavy atom. The van der Waals surface area contributed by atoms with Crippen LogP contribution in [0.1, 0.15) is 23.9 Å².